The van der Waals surface area contributed by atoms with Crippen molar-refractivity contribution in [1.82, 2.24) is 4.98 Å². The van der Waals surface area contributed by atoms with E-state index in [2.05, 4.69) is 27.0 Å². The third-order valence-electron chi connectivity index (χ3n) is 2.73. The van der Waals surface area contributed by atoms with Gasteiger partial charge in [-0.15, -0.1) is 11.3 Å². The van der Waals surface area contributed by atoms with Crippen LogP contribution in [0.1, 0.15) is 23.6 Å². The number of hydrogen-bond donors (Lipinski definition) is 1. The molecule has 0 aliphatic heterocycles. The maximum atomic E-state index is 6.01. The summed E-state index contributed by atoms with van der Waals surface area (Å²) in [6, 6.07) is 7.94. The Kier molecular flexibility index (Phi) is 5.51. The van der Waals surface area contributed by atoms with Crippen molar-refractivity contribution >= 4 is 27.3 Å². The Hall–Kier alpha value is -0.750. The lowest BCUT2D eigenvalue weighted by molar-refractivity contribution is 0.0424. The zero-order valence-electron chi connectivity index (χ0n) is 10.8. The molecule has 2 aromatic heterocycles. The molecule has 0 fully saturated rings. The minimum atomic E-state index is -0.0555. The van der Waals surface area contributed by atoms with Gasteiger partial charge in [-0.3, -0.25) is 4.98 Å². The van der Waals surface area contributed by atoms with Crippen molar-refractivity contribution in [3.63, 3.8) is 0 Å². The Labute approximate surface area is 125 Å². The standard InChI is InChI=1S/C14H17BrN2OS/c1-10(16)14(13-8-11(15)9-19-13)18-7-5-12-4-2-3-6-17-12/h2-4,6,8-10,14H,5,7,16H2,1H3. The summed E-state index contributed by atoms with van der Waals surface area (Å²) in [6.45, 7) is 2.60. The Morgan fingerprint density at radius 3 is 2.89 bits per heavy atom. The molecular weight excluding hydrogens is 324 g/mol. The van der Waals surface area contributed by atoms with Crippen LogP contribution in [-0.4, -0.2) is 17.6 Å². The van der Waals surface area contributed by atoms with E-state index in [9.17, 15) is 0 Å². The molecule has 2 N–H and O–H groups in total. The smallest absolute Gasteiger partial charge is 0.106 e. The molecule has 0 saturated carbocycles. The van der Waals surface area contributed by atoms with Crippen molar-refractivity contribution < 1.29 is 4.74 Å². The number of rotatable bonds is 6. The maximum absolute atomic E-state index is 6.01. The Morgan fingerprint density at radius 1 is 1.47 bits per heavy atom. The number of halogens is 1. The first kappa shape index (κ1) is 14.7. The maximum Gasteiger partial charge on any atom is 0.106 e. The fraction of sp³-hybridized carbons (Fsp3) is 0.357. The molecule has 2 unspecified atom stereocenters. The molecule has 5 heteroatoms. The lowest BCUT2D eigenvalue weighted by Crippen LogP contribution is -2.27. The van der Waals surface area contributed by atoms with E-state index in [0.29, 0.717) is 6.61 Å². The summed E-state index contributed by atoms with van der Waals surface area (Å²) in [6.07, 6.45) is 2.55. The van der Waals surface area contributed by atoms with Gasteiger partial charge in [0.05, 0.1) is 6.61 Å². The van der Waals surface area contributed by atoms with Gasteiger partial charge < -0.3 is 10.5 Å². The van der Waals surface area contributed by atoms with Crippen molar-refractivity contribution in [1.29, 1.82) is 0 Å². The van der Waals surface area contributed by atoms with E-state index in [1.54, 1.807) is 17.5 Å². The molecule has 0 radical (unpaired) electrons. The molecule has 0 spiro atoms. The fourth-order valence-corrected chi connectivity index (χ4v) is 3.41. The summed E-state index contributed by atoms with van der Waals surface area (Å²) in [5.74, 6) is 0. The van der Waals surface area contributed by atoms with Crippen LogP contribution in [0.25, 0.3) is 0 Å². The topological polar surface area (TPSA) is 48.1 Å². The molecule has 2 rings (SSSR count). The van der Waals surface area contributed by atoms with Crippen LogP contribution in [0.2, 0.25) is 0 Å². The predicted octanol–water partition coefficient (Wildman–Crippen LogP) is 3.55. The van der Waals surface area contributed by atoms with Gasteiger partial charge >= 0.3 is 0 Å². The van der Waals surface area contributed by atoms with Crippen LogP contribution in [-0.2, 0) is 11.2 Å². The minimum Gasteiger partial charge on any atom is -0.371 e. The van der Waals surface area contributed by atoms with Crippen LogP contribution < -0.4 is 5.73 Å². The molecule has 3 nitrogen and oxygen atoms in total. The van der Waals surface area contributed by atoms with Crippen LogP contribution in [0.4, 0.5) is 0 Å². The number of aromatic nitrogens is 1. The average Bonchev–Trinajstić information content (AvgIpc) is 2.82. The van der Waals surface area contributed by atoms with Crippen LogP contribution in [0, 0.1) is 0 Å². The summed E-state index contributed by atoms with van der Waals surface area (Å²) in [5, 5.41) is 2.05. The second kappa shape index (κ2) is 7.14. The van der Waals surface area contributed by atoms with E-state index in [1.807, 2.05) is 30.5 Å². The van der Waals surface area contributed by atoms with Gasteiger partial charge in [0.25, 0.3) is 0 Å². The second-order valence-corrected chi connectivity index (χ2v) is 6.25. The third-order valence-corrected chi connectivity index (χ3v) is 4.48. The first-order valence-electron chi connectivity index (χ1n) is 6.18. The number of nitrogens with two attached hydrogens (primary N) is 1. The van der Waals surface area contributed by atoms with Gasteiger partial charge in [0, 0.05) is 39.1 Å². The lowest BCUT2D eigenvalue weighted by atomic mass is 10.1. The van der Waals surface area contributed by atoms with E-state index in [1.165, 1.54) is 0 Å². The minimum absolute atomic E-state index is 0.0331. The molecule has 2 aromatic rings. The van der Waals surface area contributed by atoms with E-state index >= 15 is 0 Å². The highest BCUT2D eigenvalue weighted by Gasteiger charge is 2.18. The summed E-state index contributed by atoms with van der Waals surface area (Å²) in [4.78, 5) is 5.44. The third kappa shape index (κ3) is 4.38. The van der Waals surface area contributed by atoms with Gasteiger partial charge in [-0.1, -0.05) is 6.07 Å². The zero-order chi connectivity index (χ0) is 13.7. The van der Waals surface area contributed by atoms with E-state index in [-0.39, 0.29) is 12.1 Å². The summed E-state index contributed by atoms with van der Waals surface area (Å²) in [5.41, 5.74) is 7.05. The van der Waals surface area contributed by atoms with Crippen molar-refractivity contribution in [2.45, 2.75) is 25.5 Å². The van der Waals surface area contributed by atoms with Gasteiger partial charge in [0.15, 0.2) is 0 Å². The number of thiophene rings is 1. The van der Waals surface area contributed by atoms with Crippen molar-refractivity contribution in [3.05, 3.63) is 50.9 Å². The van der Waals surface area contributed by atoms with E-state index < -0.39 is 0 Å². The monoisotopic (exact) mass is 340 g/mol. The van der Waals surface area contributed by atoms with Crippen LogP contribution in [0.5, 0.6) is 0 Å². The molecule has 0 saturated heterocycles. The molecule has 0 bridgehead atoms. The van der Waals surface area contributed by atoms with Crippen molar-refractivity contribution in [2.75, 3.05) is 6.61 Å². The van der Waals surface area contributed by atoms with Gasteiger partial charge in [0.2, 0.25) is 0 Å². The second-order valence-electron chi connectivity index (χ2n) is 4.39. The average molecular weight is 341 g/mol. The highest BCUT2D eigenvalue weighted by Crippen LogP contribution is 2.29. The first-order valence-corrected chi connectivity index (χ1v) is 7.85. The van der Waals surface area contributed by atoms with Crippen LogP contribution in [0.15, 0.2) is 40.3 Å². The lowest BCUT2D eigenvalue weighted by Gasteiger charge is -2.20. The molecule has 2 heterocycles. The highest BCUT2D eigenvalue weighted by molar-refractivity contribution is 9.10. The van der Waals surface area contributed by atoms with Crippen molar-refractivity contribution in [3.8, 4) is 0 Å². The molecular formula is C14H17BrN2OS. The fourth-order valence-electron chi connectivity index (χ4n) is 1.81. The molecule has 102 valence electrons. The zero-order valence-corrected chi connectivity index (χ0v) is 13.2. The quantitative estimate of drug-likeness (QED) is 0.874. The largest absolute Gasteiger partial charge is 0.371 e. The van der Waals surface area contributed by atoms with Crippen LogP contribution in [0.3, 0.4) is 0 Å². The SMILES string of the molecule is CC(N)C(OCCc1ccccn1)c1cc(Br)cs1. The predicted molar refractivity (Wildman–Crippen MR) is 82.3 cm³/mol. The summed E-state index contributed by atoms with van der Waals surface area (Å²) in [7, 11) is 0. The molecule has 2 atom stereocenters. The Balaban J connectivity index is 1.91. The van der Waals surface area contributed by atoms with Gasteiger partial charge in [-0.2, -0.15) is 0 Å². The normalized spacial score (nSPS) is 14.3. The van der Waals surface area contributed by atoms with E-state index in [0.717, 1.165) is 21.5 Å². The highest BCUT2D eigenvalue weighted by atomic mass is 79.9. The molecule has 0 aromatic carbocycles. The number of nitrogens with zero attached hydrogens (tertiary/aromatic N) is 1. The summed E-state index contributed by atoms with van der Waals surface area (Å²) >= 11 is 5.12. The number of hydrogen-bond acceptors (Lipinski definition) is 4. The molecule has 0 aliphatic carbocycles. The van der Waals surface area contributed by atoms with Gasteiger partial charge in [-0.05, 0) is 41.1 Å². The molecule has 0 aliphatic rings. The molecule has 0 amide bonds. The van der Waals surface area contributed by atoms with Crippen LogP contribution >= 0.6 is 27.3 Å². The number of pyridine rings is 1. The summed E-state index contributed by atoms with van der Waals surface area (Å²) < 4.78 is 7.01. The Morgan fingerprint density at radius 2 is 2.32 bits per heavy atom. The molecule has 19 heavy (non-hydrogen) atoms. The van der Waals surface area contributed by atoms with Crippen molar-refractivity contribution in [2.24, 2.45) is 5.73 Å². The van der Waals surface area contributed by atoms with Gasteiger partial charge in [-0.25, -0.2) is 0 Å². The number of ether oxygens (including phenoxy) is 1. The Bertz CT molecular complexity index is 501. The van der Waals surface area contributed by atoms with E-state index in [4.69, 9.17) is 10.5 Å². The van der Waals surface area contributed by atoms with Gasteiger partial charge in [0.1, 0.15) is 6.10 Å². The first-order chi connectivity index (χ1) is 9.16.